The van der Waals surface area contributed by atoms with Crippen molar-refractivity contribution in [3.8, 4) is 78.5 Å². The van der Waals surface area contributed by atoms with E-state index in [1.165, 1.54) is 27.2 Å². The third-order valence-electron chi connectivity index (χ3n) is 17.1. The summed E-state index contributed by atoms with van der Waals surface area (Å²) < 4.78 is 2.48. The Morgan fingerprint density at radius 3 is 1.19 bits per heavy atom. The van der Waals surface area contributed by atoms with Crippen LogP contribution in [-0.4, -0.2) is 16.3 Å². The molecule has 2 aromatic heterocycles. The molecule has 0 aliphatic carbocycles. The molecule has 4 heterocycles. The number of para-hydroxylation sites is 4. The molecule has 0 unspecified atom stereocenters. The second-order valence-corrected chi connectivity index (χ2v) is 21.7. The second kappa shape index (κ2) is 20.1. The summed E-state index contributed by atoms with van der Waals surface area (Å²) in [6.07, 6.45) is 3.82. The van der Waals surface area contributed by atoms with Crippen LogP contribution in [0.4, 0.5) is 34.1 Å². The van der Waals surface area contributed by atoms with Gasteiger partial charge < -0.3 is 14.4 Å². The van der Waals surface area contributed by atoms with E-state index < -0.39 is 0 Å². The van der Waals surface area contributed by atoms with E-state index in [9.17, 15) is 5.26 Å². The zero-order valence-electron chi connectivity index (χ0n) is 45.7. The summed E-state index contributed by atoms with van der Waals surface area (Å²) in [5, 5.41) is 12.7. The first-order valence-corrected chi connectivity index (χ1v) is 28.6. The highest BCUT2D eigenvalue weighted by molar-refractivity contribution is 7.00. The molecule has 14 aromatic rings. The van der Waals surface area contributed by atoms with Gasteiger partial charge in [0.25, 0.3) is 6.71 Å². The zero-order valence-corrected chi connectivity index (χ0v) is 45.7. The smallest absolute Gasteiger partial charge is 0.252 e. The molecule has 0 N–H and O–H groups in total. The minimum Gasteiger partial charge on any atom is -0.310 e. The molecule has 16 rings (SSSR count). The van der Waals surface area contributed by atoms with Crippen molar-refractivity contribution in [1.82, 2.24) is 9.55 Å². The van der Waals surface area contributed by atoms with Crippen LogP contribution in [0.2, 0.25) is 0 Å². The van der Waals surface area contributed by atoms with E-state index in [0.717, 1.165) is 118 Å². The van der Waals surface area contributed by atoms with Crippen LogP contribution in [0, 0.1) is 11.3 Å². The Hall–Kier alpha value is -11.3. The van der Waals surface area contributed by atoms with Crippen molar-refractivity contribution in [2.45, 2.75) is 0 Å². The first-order valence-electron chi connectivity index (χ1n) is 28.6. The maximum atomic E-state index is 10.3. The largest absolute Gasteiger partial charge is 0.310 e. The normalized spacial score (nSPS) is 12.2. The second-order valence-electron chi connectivity index (χ2n) is 21.7. The zero-order chi connectivity index (χ0) is 55.7. The van der Waals surface area contributed by atoms with Crippen molar-refractivity contribution in [2.24, 2.45) is 0 Å². The Labute approximate surface area is 488 Å². The van der Waals surface area contributed by atoms with E-state index in [2.05, 4.69) is 292 Å². The van der Waals surface area contributed by atoms with Crippen molar-refractivity contribution < 1.29 is 0 Å². The molecule has 12 aromatic carbocycles. The molecular formula is C78H50BN5. The number of aromatic nitrogens is 2. The van der Waals surface area contributed by atoms with Crippen LogP contribution in [0.25, 0.3) is 94.3 Å². The van der Waals surface area contributed by atoms with E-state index in [4.69, 9.17) is 0 Å². The van der Waals surface area contributed by atoms with Gasteiger partial charge in [-0.05, 0) is 110 Å². The van der Waals surface area contributed by atoms with Crippen LogP contribution in [0.15, 0.2) is 304 Å². The molecule has 0 saturated heterocycles. The molecule has 0 fully saturated rings. The summed E-state index contributed by atoms with van der Waals surface area (Å²) in [7, 11) is 0. The summed E-state index contributed by atoms with van der Waals surface area (Å²) in [6, 6.07) is 108. The average Bonchev–Trinajstić information content (AvgIpc) is 0.927. The Balaban J connectivity index is 1.11. The number of hydrogen-bond donors (Lipinski definition) is 0. The minimum absolute atomic E-state index is 0.240. The van der Waals surface area contributed by atoms with Gasteiger partial charge in [-0.1, -0.05) is 237 Å². The topological polar surface area (TPSA) is 48.1 Å². The van der Waals surface area contributed by atoms with E-state index >= 15 is 0 Å². The number of benzene rings is 12. The molecule has 0 atom stereocenters. The maximum absolute atomic E-state index is 10.3. The number of anilines is 6. The fraction of sp³-hybridized carbons (Fsp3) is 0. The molecule has 390 valence electrons. The van der Waals surface area contributed by atoms with Crippen molar-refractivity contribution in [3.63, 3.8) is 0 Å². The summed E-state index contributed by atoms with van der Waals surface area (Å²) in [6.45, 7) is -0.240. The van der Waals surface area contributed by atoms with Gasteiger partial charge in [0.2, 0.25) is 0 Å². The summed E-state index contributed by atoms with van der Waals surface area (Å²) in [5.41, 5.74) is 26.9. The van der Waals surface area contributed by atoms with E-state index in [-0.39, 0.29) is 6.71 Å². The first-order chi connectivity index (χ1) is 41.7. The van der Waals surface area contributed by atoms with Gasteiger partial charge >= 0.3 is 0 Å². The quantitative estimate of drug-likeness (QED) is 0.135. The molecule has 0 spiro atoms. The molecule has 5 nitrogen and oxygen atoms in total. The highest BCUT2D eigenvalue weighted by Crippen LogP contribution is 2.54. The van der Waals surface area contributed by atoms with Crippen LogP contribution in [0.3, 0.4) is 0 Å². The van der Waals surface area contributed by atoms with Crippen LogP contribution < -0.4 is 26.2 Å². The molecule has 0 radical (unpaired) electrons. The summed E-state index contributed by atoms with van der Waals surface area (Å²) >= 11 is 0. The molecule has 84 heavy (non-hydrogen) atoms. The predicted octanol–water partition coefficient (Wildman–Crippen LogP) is 18.1. The monoisotopic (exact) mass is 1070 g/mol. The van der Waals surface area contributed by atoms with Crippen LogP contribution in [0.1, 0.15) is 5.56 Å². The lowest BCUT2D eigenvalue weighted by molar-refractivity contribution is 1.16. The van der Waals surface area contributed by atoms with Crippen molar-refractivity contribution in [3.05, 3.63) is 309 Å². The van der Waals surface area contributed by atoms with Crippen molar-refractivity contribution >= 4 is 79.0 Å². The van der Waals surface area contributed by atoms with E-state index in [1.54, 1.807) is 0 Å². The summed E-state index contributed by atoms with van der Waals surface area (Å²) in [5.74, 6) is 0. The molecule has 2 aliphatic rings. The van der Waals surface area contributed by atoms with Gasteiger partial charge in [-0.2, -0.15) is 5.26 Å². The molecule has 0 saturated carbocycles. The highest BCUT2D eigenvalue weighted by atomic mass is 15.2. The van der Waals surface area contributed by atoms with Gasteiger partial charge in [0.15, 0.2) is 0 Å². The molecule has 2 aliphatic heterocycles. The maximum Gasteiger partial charge on any atom is 0.252 e. The molecular weight excluding hydrogens is 1020 g/mol. The standard InChI is InChI=1S/C78H50BN5/c80-50-52-21-17-30-57(45-52)58-40-42-68-72(46-58)83(77-62(53-22-5-1-6-23-53)34-18-35-63(77)54-24-7-2-8-25-54)74-48-61(82-70-38-15-13-32-66(70)67-33-14-16-39-71(67)82)49-75-76(74)79(68)69-43-41-59(60-31-20-44-81-51-60)47-73(69)84(75)78-64(55-26-9-3-10-27-55)36-19-37-65(78)56-28-11-4-12-29-56/h1-49,51H. The minimum atomic E-state index is -0.240. The number of nitriles is 1. The van der Waals surface area contributed by atoms with Gasteiger partial charge in [-0.15, -0.1) is 0 Å². The third kappa shape index (κ3) is 7.90. The van der Waals surface area contributed by atoms with Gasteiger partial charge in [-0.25, -0.2) is 0 Å². The van der Waals surface area contributed by atoms with Crippen LogP contribution in [-0.2, 0) is 0 Å². The van der Waals surface area contributed by atoms with Crippen LogP contribution >= 0.6 is 0 Å². The highest BCUT2D eigenvalue weighted by Gasteiger charge is 2.46. The van der Waals surface area contributed by atoms with Gasteiger partial charge in [0.05, 0.1) is 39.7 Å². The number of nitrogens with zero attached hydrogens (tertiary/aromatic N) is 5. The molecule has 6 heteroatoms. The van der Waals surface area contributed by atoms with Gasteiger partial charge in [-0.3, -0.25) is 4.98 Å². The number of pyridine rings is 1. The Morgan fingerprint density at radius 1 is 0.333 bits per heavy atom. The predicted molar refractivity (Wildman–Crippen MR) is 350 cm³/mol. The van der Waals surface area contributed by atoms with Gasteiger partial charge in [0.1, 0.15) is 0 Å². The Bertz CT molecular complexity index is 4750. The Kier molecular flexibility index (Phi) is 11.6. The lowest BCUT2D eigenvalue weighted by atomic mass is 9.33. The fourth-order valence-corrected chi connectivity index (χ4v) is 13.4. The van der Waals surface area contributed by atoms with Crippen LogP contribution in [0.5, 0.6) is 0 Å². The SMILES string of the molecule is N#Cc1cccc(-c2ccc3c(c2)N(c2c(-c4ccccc4)cccc2-c2ccccc2)c2cc(-n4c5ccccc5c5ccccc54)cc4c2B3c2ccc(-c3cccnc3)cc2N4c2c(-c3ccccc3)cccc2-c2ccccc2)c1. The number of rotatable bonds is 9. The summed E-state index contributed by atoms with van der Waals surface area (Å²) in [4.78, 5) is 9.87. The van der Waals surface area contributed by atoms with Crippen molar-refractivity contribution in [2.75, 3.05) is 9.80 Å². The molecule has 0 bridgehead atoms. The number of hydrogen-bond acceptors (Lipinski definition) is 4. The first kappa shape index (κ1) is 48.6. The molecule has 0 amide bonds. The third-order valence-corrected chi connectivity index (χ3v) is 17.1. The average molecular weight is 1070 g/mol. The van der Waals surface area contributed by atoms with E-state index in [0.29, 0.717) is 5.56 Å². The van der Waals surface area contributed by atoms with Gasteiger partial charge in [0, 0.05) is 73.7 Å². The fourth-order valence-electron chi connectivity index (χ4n) is 13.4. The lowest BCUT2D eigenvalue weighted by Crippen LogP contribution is -2.61. The lowest BCUT2D eigenvalue weighted by Gasteiger charge is -2.46. The van der Waals surface area contributed by atoms with E-state index in [1.807, 2.05) is 36.7 Å². The Morgan fingerprint density at radius 2 is 0.738 bits per heavy atom. The number of fused-ring (bicyclic) bond motifs is 7. The van der Waals surface area contributed by atoms with Crippen molar-refractivity contribution in [1.29, 1.82) is 5.26 Å².